The molecule has 1 amide bonds. The Bertz CT molecular complexity index is 424. The third-order valence-corrected chi connectivity index (χ3v) is 2.38. The van der Waals surface area contributed by atoms with E-state index in [0.717, 1.165) is 24.3 Å². The van der Waals surface area contributed by atoms with Crippen molar-refractivity contribution >= 4 is 5.91 Å². The number of amides is 1. The second-order valence-electron chi connectivity index (χ2n) is 3.85. The molecule has 0 heterocycles. The number of carbonyl (C=O) groups excluding carboxylic acids is 1. The van der Waals surface area contributed by atoms with E-state index in [1.54, 1.807) is 0 Å². The van der Waals surface area contributed by atoms with Crippen LogP contribution in [-0.4, -0.2) is 19.1 Å². The van der Waals surface area contributed by atoms with Crippen LogP contribution in [0.1, 0.15) is 18.4 Å². The quantitative estimate of drug-likeness (QED) is 0.532. The van der Waals surface area contributed by atoms with E-state index in [-0.39, 0.29) is 12.5 Å². The lowest BCUT2D eigenvalue weighted by atomic mass is 10.2. The van der Waals surface area contributed by atoms with Crippen LogP contribution in [0.3, 0.4) is 0 Å². The highest BCUT2D eigenvalue weighted by Crippen LogP contribution is 2.17. The average Bonchev–Trinajstić information content (AvgIpc) is 2.36. The van der Waals surface area contributed by atoms with Gasteiger partial charge >= 0.3 is 0 Å². The molecule has 4 nitrogen and oxygen atoms in total. The van der Waals surface area contributed by atoms with Gasteiger partial charge in [0.05, 0.1) is 0 Å². The molecule has 0 saturated carbocycles. The predicted molar refractivity (Wildman–Crippen MR) is 70.9 cm³/mol. The molecule has 4 heteroatoms. The van der Waals surface area contributed by atoms with E-state index in [9.17, 15) is 4.79 Å². The third kappa shape index (κ3) is 5.37. The van der Waals surface area contributed by atoms with E-state index in [4.69, 9.17) is 16.9 Å². The summed E-state index contributed by atoms with van der Waals surface area (Å²) in [4.78, 5) is 10.6. The summed E-state index contributed by atoms with van der Waals surface area (Å²) in [6.45, 7) is 1.69. The maximum atomic E-state index is 10.6. The molecule has 0 unspecified atom stereocenters. The molecule has 0 atom stereocenters. The van der Waals surface area contributed by atoms with Gasteiger partial charge in [-0.25, -0.2) is 0 Å². The van der Waals surface area contributed by atoms with Crippen LogP contribution in [0.2, 0.25) is 0 Å². The van der Waals surface area contributed by atoms with Gasteiger partial charge in [0.15, 0.2) is 0 Å². The number of hydrogen-bond donors (Lipinski definition) is 2. The molecule has 0 bridgehead atoms. The average molecular weight is 246 g/mol. The molecule has 18 heavy (non-hydrogen) atoms. The molecule has 0 fully saturated rings. The van der Waals surface area contributed by atoms with Crippen LogP contribution in [0, 0.1) is 12.3 Å². The minimum absolute atomic E-state index is 0.263. The fourth-order valence-electron chi connectivity index (χ4n) is 1.52. The van der Waals surface area contributed by atoms with E-state index in [0.29, 0.717) is 13.0 Å². The first-order valence-electron chi connectivity index (χ1n) is 5.87. The highest BCUT2D eigenvalue weighted by atomic mass is 16.5. The molecule has 0 radical (unpaired) electrons. The van der Waals surface area contributed by atoms with Crippen LogP contribution in [0.25, 0.3) is 0 Å². The zero-order valence-corrected chi connectivity index (χ0v) is 10.3. The minimum Gasteiger partial charge on any atom is -0.481 e. The lowest BCUT2D eigenvalue weighted by Gasteiger charge is -2.10. The Hall–Kier alpha value is -1.99. The minimum atomic E-state index is -0.269. The van der Waals surface area contributed by atoms with Gasteiger partial charge in [-0.1, -0.05) is 24.1 Å². The number of benzene rings is 1. The summed E-state index contributed by atoms with van der Waals surface area (Å²) in [7, 11) is 0. The fraction of sp³-hybridized carbons (Fsp3) is 0.357. The molecule has 0 saturated heterocycles. The Morgan fingerprint density at radius 3 is 2.94 bits per heavy atom. The SMILES string of the molecule is C#CCOc1ccccc1CNCCCC(N)=O. The summed E-state index contributed by atoms with van der Waals surface area (Å²) in [6.07, 6.45) is 6.30. The number of para-hydroxylation sites is 1. The Labute approximate surface area is 108 Å². The first kappa shape index (κ1) is 14.1. The monoisotopic (exact) mass is 246 g/mol. The second-order valence-corrected chi connectivity index (χ2v) is 3.85. The van der Waals surface area contributed by atoms with Gasteiger partial charge < -0.3 is 15.8 Å². The number of terminal acetylenes is 1. The molecule has 3 N–H and O–H groups in total. The Morgan fingerprint density at radius 2 is 2.22 bits per heavy atom. The van der Waals surface area contributed by atoms with Gasteiger partial charge in [-0.2, -0.15) is 0 Å². The van der Waals surface area contributed by atoms with Gasteiger partial charge in [-0.05, 0) is 19.0 Å². The zero-order chi connectivity index (χ0) is 13.2. The van der Waals surface area contributed by atoms with E-state index in [2.05, 4.69) is 11.2 Å². The van der Waals surface area contributed by atoms with Crippen LogP contribution in [0.4, 0.5) is 0 Å². The van der Waals surface area contributed by atoms with Crippen molar-refractivity contribution in [2.75, 3.05) is 13.2 Å². The van der Waals surface area contributed by atoms with Crippen LogP contribution in [-0.2, 0) is 11.3 Å². The van der Waals surface area contributed by atoms with Crippen molar-refractivity contribution in [3.63, 3.8) is 0 Å². The number of nitrogens with two attached hydrogens (primary N) is 1. The second kappa shape index (κ2) is 8.15. The van der Waals surface area contributed by atoms with Crippen molar-refractivity contribution in [2.45, 2.75) is 19.4 Å². The smallest absolute Gasteiger partial charge is 0.217 e. The van der Waals surface area contributed by atoms with E-state index in [1.807, 2.05) is 24.3 Å². The number of primary amides is 1. The number of rotatable bonds is 8. The number of nitrogens with one attached hydrogen (secondary N) is 1. The normalized spacial score (nSPS) is 9.72. The van der Waals surface area contributed by atoms with Crippen molar-refractivity contribution in [2.24, 2.45) is 5.73 Å². The lowest BCUT2D eigenvalue weighted by Crippen LogP contribution is -2.18. The van der Waals surface area contributed by atoms with E-state index >= 15 is 0 Å². The molecule has 1 aromatic rings. The number of ether oxygens (including phenoxy) is 1. The first-order chi connectivity index (χ1) is 8.74. The Balaban J connectivity index is 2.37. The summed E-state index contributed by atoms with van der Waals surface area (Å²) in [6, 6.07) is 7.72. The Morgan fingerprint density at radius 1 is 1.44 bits per heavy atom. The van der Waals surface area contributed by atoms with Crippen molar-refractivity contribution in [3.8, 4) is 18.1 Å². The fourth-order valence-corrected chi connectivity index (χ4v) is 1.52. The predicted octanol–water partition coefficient (Wildman–Crippen LogP) is 1.05. The topological polar surface area (TPSA) is 64.3 Å². The highest BCUT2D eigenvalue weighted by Gasteiger charge is 2.02. The van der Waals surface area contributed by atoms with Crippen LogP contribution in [0.15, 0.2) is 24.3 Å². The van der Waals surface area contributed by atoms with Crippen molar-refractivity contribution in [1.82, 2.24) is 5.32 Å². The molecule has 0 aliphatic carbocycles. The maximum Gasteiger partial charge on any atom is 0.217 e. The molecule has 0 aliphatic heterocycles. The van der Waals surface area contributed by atoms with Gasteiger partial charge in [0.2, 0.25) is 5.91 Å². The van der Waals surface area contributed by atoms with Gasteiger partial charge in [-0.15, -0.1) is 6.42 Å². The molecule has 0 aliphatic rings. The van der Waals surface area contributed by atoms with Crippen LogP contribution >= 0.6 is 0 Å². The molecule has 0 spiro atoms. The van der Waals surface area contributed by atoms with Crippen LogP contribution < -0.4 is 15.8 Å². The van der Waals surface area contributed by atoms with Gasteiger partial charge in [0.1, 0.15) is 12.4 Å². The summed E-state index contributed by atoms with van der Waals surface area (Å²) < 4.78 is 5.43. The van der Waals surface area contributed by atoms with E-state index < -0.39 is 0 Å². The summed E-state index contributed by atoms with van der Waals surface area (Å²) in [5.41, 5.74) is 6.11. The maximum absolute atomic E-state index is 10.6. The molecular weight excluding hydrogens is 228 g/mol. The highest BCUT2D eigenvalue weighted by molar-refractivity contribution is 5.73. The number of carbonyl (C=O) groups is 1. The van der Waals surface area contributed by atoms with Crippen LogP contribution in [0.5, 0.6) is 5.75 Å². The number of hydrogen-bond acceptors (Lipinski definition) is 3. The third-order valence-electron chi connectivity index (χ3n) is 2.38. The molecule has 1 aromatic carbocycles. The lowest BCUT2D eigenvalue weighted by molar-refractivity contribution is -0.118. The van der Waals surface area contributed by atoms with Crippen molar-refractivity contribution in [1.29, 1.82) is 0 Å². The summed E-state index contributed by atoms with van der Waals surface area (Å²) >= 11 is 0. The zero-order valence-electron chi connectivity index (χ0n) is 10.3. The van der Waals surface area contributed by atoms with Gasteiger partial charge in [-0.3, -0.25) is 4.79 Å². The molecule has 0 aromatic heterocycles. The molecule has 1 rings (SSSR count). The molecule has 96 valence electrons. The van der Waals surface area contributed by atoms with Gasteiger partial charge in [0.25, 0.3) is 0 Å². The Kier molecular flexibility index (Phi) is 6.37. The first-order valence-corrected chi connectivity index (χ1v) is 5.87. The van der Waals surface area contributed by atoms with Crippen molar-refractivity contribution in [3.05, 3.63) is 29.8 Å². The summed E-state index contributed by atoms with van der Waals surface area (Å²) in [5.74, 6) is 2.96. The standard InChI is InChI=1S/C14H18N2O2/c1-2-10-18-13-7-4-3-6-12(13)11-16-9-5-8-14(15)17/h1,3-4,6-7,16H,5,8-11H2,(H2,15,17). The van der Waals surface area contributed by atoms with Crippen molar-refractivity contribution < 1.29 is 9.53 Å². The largest absolute Gasteiger partial charge is 0.481 e. The van der Waals surface area contributed by atoms with E-state index in [1.165, 1.54) is 0 Å². The molecular formula is C14H18N2O2. The summed E-state index contributed by atoms with van der Waals surface area (Å²) in [5, 5.41) is 3.23. The van der Waals surface area contributed by atoms with Gasteiger partial charge in [0, 0.05) is 18.5 Å².